The Hall–Kier alpha value is -1.36. The molecule has 1 aliphatic heterocycles. The predicted molar refractivity (Wildman–Crippen MR) is 63.7 cm³/mol. The molecule has 0 aliphatic carbocycles. The fourth-order valence-corrected chi connectivity index (χ4v) is 2.09. The van der Waals surface area contributed by atoms with Crippen LogP contribution in [0.1, 0.15) is 29.8 Å². The minimum absolute atomic E-state index is 0.0353. The summed E-state index contributed by atoms with van der Waals surface area (Å²) < 4.78 is 5.45. The SMILES string of the molecule is Cc1n[nH]c(C)c1CC(=O)NCC1CCCO1. The number of nitrogens with one attached hydrogen (secondary N) is 2. The zero-order valence-corrected chi connectivity index (χ0v) is 10.4. The van der Waals surface area contributed by atoms with E-state index in [4.69, 9.17) is 4.74 Å². The van der Waals surface area contributed by atoms with Gasteiger partial charge in [-0.3, -0.25) is 9.89 Å². The lowest BCUT2D eigenvalue weighted by Gasteiger charge is -2.10. The third kappa shape index (κ3) is 3.06. The van der Waals surface area contributed by atoms with Gasteiger partial charge in [-0.05, 0) is 26.7 Å². The van der Waals surface area contributed by atoms with E-state index in [0.29, 0.717) is 13.0 Å². The Kier molecular flexibility index (Phi) is 3.78. The number of amides is 1. The zero-order chi connectivity index (χ0) is 12.3. The van der Waals surface area contributed by atoms with Crippen LogP contribution in [0.4, 0.5) is 0 Å². The fraction of sp³-hybridized carbons (Fsp3) is 0.667. The van der Waals surface area contributed by atoms with Gasteiger partial charge < -0.3 is 10.1 Å². The molecule has 0 saturated carbocycles. The molecule has 5 heteroatoms. The van der Waals surface area contributed by atoms with Crippen molar-refractivity contribution >= 4 is 5.91 Å². The van der Waals surface area contributed by atoms with E-state index in [1.165, 1.54) is 0 Å². The van der Waals surface area contributed by atoms with Crippen LogP contribution >= 0.6 is 0 Å². The predicted octanol–water partition coefficient (Wildman–Crippen LogP) is 0.864. The van der Waals surface area contributed by atoms with E-state index < -0.39 is 0 Å². The lowest BCUT2D eigenvalue weighted by Crippen LogP contribution is -2.32. The Balaban J connectivity index is 1.80. The summed E-state index contributed by atoms with van der Waals surface area (Å²) in [6.45, 7) is 5.28. The van der Waals surface area contributed by atoms with Crippen LogP contribution in [0.25, 0.3) is 0 Å². The molecule has 0 radical (unpaired) electrons. The topological polar surface area (TPSA) is 67.0 Å². The van der Waals surface area contributed by atoms with Gasteiger partial charge in [0.25, 0.3) is 0 Å². The monoisotopic (exact) mass is 237 g/mol. The van der Waals surface area contributed by atoms with Gasteiger partial charge >= 0.3 is 0 Å². The number of aryl methyl sites for hydroxylation is 2. The van der Waals surface area contributed by atoms with Gasteiger partial charge in [0.2, 0.25) is 5.91 Å². The number of hydrogen-bond acceptors (Lipinski definition) is 3. The van der Waals surface area contributed by atoms with Crippen LogP contribution < -0.4 is 5.32 Å². The second-order valence-corrected chi connectivity index (χ2v) is 4.53. The van der Waals surface area contributed by atoms with Crippen LogP contribution in [-0.2, 0) is 16.0 Å². The van der Waals surface area contributed by atoms with E-state index in [9.17, 15) is 4.79 Å². The molecule has 94 valence electrons. The van der Waals surface area contributed by atoms with Crippen LogP contribution in [0.15, 0.2) is 0 Å². The summed E-state index contributed by atoms with van der Waals surface area (Å²) in [5.74, 6) is 0.0353. The Morgan fingerprint density at radius 2 is 2.41 bits per heavy atom. The average Bonchev–Trinajstić information content (AvgIpc) is 2.91. The van der Waals surface area contributed by atoms with Crippen molar-refractivity contribution in [2.75, 3.05) is 13.2 Å². The minimum Gasteiger partial charge on any atom is -0.376 e. The maximum absolute atomic E-state index is 11.8. The Bertz CT molecular complexity index is 375. The third-order valence-electron chi connectivity index (χ3n) is 3.17. The number of H-pyrrole nitrogens is 1. The Labute approximate surface area is 101 Å². The molecule has 2 rings (SSSR count). The average molecular weight is 237 g/mol. The molecule has 1 aliphatic rings. The number of aromatic nitrogens is 2. The smallest absolute Gasteiger partial charge is 0.224 e. The van der Waals surface area contributed by atoms with E-state index in [1.54, 1.807) is 0 Å². The summed E-state index contributed by atoms with van der Waals surface area (Å²) in [5.41, 5.74) is 2.86. The molecule has 1 aromatic rings. The molecule has 17 heavy (non-hydrogen) atoms. The molecule has 1 atom stereocenters. The van der Waals surface area contributed by atoms with Crippen molar-refractivity contribution in [1.29, 1.82) is 0 Å². The van der Waals surface area contributed by atoms with Crippen molar-refractivity contribution in [3.8, 4) is 0 Å². The Morgan fingerprint density at radius 3 is 3.00 bits per heavy atom. The fourth-order valence-electron chi connectivity index (χ4n) is 2.09. The second kappa shape index (κ2) is 5.31. The van der Waals surface area contributed by atoms with Crippen LogP contribution in [0, 0.1) is 13.8 Å². The molecule has 1 aromatic heterocycles. The minimum atomic E-state index is 0.0353. The summed E-state index contributed by atoms with van der Waals surface area (Å²) in [5, 5.41) is 9.87. The highest BCUT2D eigenvalue weighted by Crippen LogP contribution is 2.12. The molecular weight excluding hydrogens is 218 g/mol. The molecule has 2 heterocycles. The van der Waals surface area contributed by atoms with E-state index in [2.05, 4.69) is 15.5 Å². The molecule has 0 spiro atoms. The highest BCUT2D eigenvalue weighted by atomic mass is 16.5. The zero-order valence-electron chi connectivity index (χ0n) is 10.4. The third-order valence-corrected chi connectivity index (χ3v) is 3.17. The van der Waals surface area contributed by atoms with Gasteiger partial charge in [-0.1, -0.05) is 0 Å². The van der Waals surface area contributed by atoms with E-state index in [-0.39, 0.29) is 12.0 Å². The number of carbonyl (C=O) groups is 1. The van der Waals surface area contributed by atoms with Gasteiger partial charge in [-0.2, -0.15) is 5.10 Å². The van der Waals surface area contributed by atoms with Gasteiger partial charge in [-0.15, -0.1) is 0 Å². The van der Waals surface area contributed by atoms with Crippen LogP contribution in [0.3, 0.4) is 0 Å². The van der Waals surface area contributed by atoms with Crippen molar-refractivity contribution < 1.29 is 9.53 Å². The summed E-state index contributed by atoms with van der Waals surface area (Å²) >= 11 is 0. The van der Waals surface area contributed by atoms with Crippen molar-refractivity contribution in [2.24, 2.45) is 0 Å². The summed E-state index contributed by atoms with van der Waals surface area (Å²) in [7, 11) is 0. The van der Waals surface area contributed by atoms with Gasteiger partial charge in [0.1, 0.15) is 0 Å². The summed E-state index contributed by atoms with van der Waals surface area (Å²) in [6, 6.07) is 0. The number of ether oxygens (including phenoxy) is 1. The van der Waals surface area contributed by atoms with E-state index in [0.717, 1.165) is 36.4 Å². The number of nitrogens with zero attached hydrogens (tertiary/aromatic N) is 1. The quantitative estimate of drug-likeness (QED) is 0.816. The second-order valence-electron chi connectivity index (χ2n) is 4.53. The molecule has 2 N–H and O–H groups in total. The van der Waals surface area contributed by atoms with Crippen LogP contribution in [0.2, 0.25) is 0 Å². The maximum atomic E-state index is 11.8. The first-order valence-corrected chi connectivity index (χ1v) is 6.05. The molecular formula is C12H19N3O2. The lowest BCUT2D eigenvalue weighted by molar-refractivity contribution is -0.120. The number of carbonyl (C=O) groups excluding carboxylic acids is 1. The summed E-state index contributed by atoms with van der Waals surface area (Å²) in [4.78, 5) is 11.8. The number of rotatable bonds is 4. The van der Waals surface area contributed by atoms with Crippen LogP contribution in [-0.4, -0.2) is 35.4 Å². The lowest BCUT2D eigenvalue weighted by atomic mass is 10.1. The van der Waals surface area contributed by atoms with Gasteiger partial charge in [-0.25, -0.2) is 0 Å². The standard InChI is InChI=1S/C12H19N3O2/c1-8-11(9(2)15-14-8)6-12(16)13-7-10-4-3-5-17-10/h10H,3-7H2,1-2H3,(H,13,16)(H,14,15). The van der Waals surface area contributed by atoms with Crippen molar-refractivity contribution in [1.82, 2.24) is 15.5 Å². The molecule has 1 saturated heterocycles. The molecule has 1 fully saturated rings. The molecule has 1 amide bonds. The highest BCUT2D eigenvalue weighted by molar-refractivity contribution is 5.79. The maximum Gasteiger partial charge on any atom is 0.224 e. The highest BCUT2D eigenvalue weighted by Gasteiger charge is 2.17. The van der Waals surface area contributed by atoms with Gasteiger partial charge in [0.05, 0.1) is 18.2 Å². The van der Waals surface area contributed by atoms with Crippen molar-refractivity contribution in [2.45, 2.75) is 39.2 Å². The Morgan fingerprint density at radius 1 is 1.59 bits per heavy atom. The van der Waals surface area contributed by atoms with Crippen LogP contribution in [0.5, 0.6) is 0 Å². The van der Waals surface area contributed by atoms with Crippen molar-refractivity contribution in [3.05, 3.63) is 17.0 Å². The number of hydrogen-bond donors (Lipinski definition) is 2. The van der Waals surface area contributed by atoms with Gasteiger partial charge in [0, 0.05) is 24.4 Å². The molecule has 0 bridgehead atoms. The molecule has 5 nitrogen and oxygen atoms in total. The van der Waals surface area contributed by atoms with Gasteiger partial charge in [0.15, 0.2) is 0 Å². The van der Waals surface area contributed by atoms with E-state index in [1.807, 2.05) is 13.8 Å². The normalized spacial score (nSPS) is 19.5. The molecule has 0 aromatic carbocycles. The summed E-state index contributed by atoms with van der Waals surface area (Å²) in [6.07, 6.45) is 2.73. The molecule has 1 unspecified atom stereocenters. The first-order valence-electron chi connectivity index (χ1n) is 6.05. The van der Waals surface area contributed by atoms with Crippen molar-refractivity contribution in [3.63, 3.8) is 0 Å². The number of aromatic amines is 1. The largest absolute Gasteiger partial charge is 0.376 e. The first kappa shape index (κ1) is 12.1. The first-order chi connectivity index (χ1) is 8.16. The van der Waals surface area contributed by atoms with E-state index >= 15 is 0 Å².